The third kappa shape index (κ3) is 0.988. The van der Waals surface area contributed by atoms with E-state index in [0.717, 1.165) is 6.61 Å². The minimum atomic E-state index is 0.363. The zero-order valence-corrected chi connectivity index (χ0v) is 8.31. The van der Waals surface area contributed by atoms with Crippen LogP contribution in [0.5, 0.6) is 0 Å². The summed E-state index contributed by atoms with van der Waals surface area (Å²) < 4.78 is 5.47. The van der Waals surface area contributed by atoms with Gasteiger partial charge in [-0.15, -0.1) is 0 Å². The van der Waals surface area contributed by atoms with E-state index in [1.807, 2.05) is 6.26 Å². The first-order valence-corrected chi connectivity index (χ1v) is 4.87. The van der Waals surface area contributed by atoms with Crippen LogP contribution in [-0.2, 0) is 4.74 Å². The van der Waals surface area contributed by atoms with Gasteiger partial charge in [-0.2, -0.15) is 0 Å². The number of ether oxygens (including phenoxy) is 1. The Morgan fingerprint density at radius 3 is 2.67 bits per heavy atom. The van der Waals surface area contributed by atoms with E-state index in [2.05, 4.69) is 20.8 Å². The maximum absolute atomic E-state index is 5.47. The summed E-state index contributed by atoms with van der Waals surface area (Å²) in [5, 5.41) is 0. The van der Waals surface area contributed by atoms with Gasteiger partial charge in [0.05, 0.1) is 12.9 Å². The minimum absolute atomic E-state index is 0.363. The second kappa shape index (κ2) is 2.27. The van der Waals surface area contributed by atoms with Gasteiger partial charge < -0.3 is 4.74 Å². The molecule has 1 saturated carbocycles. The van der Waals surface area contributed by atoms with Crippen LogP contribution >= 0.6 is 0 Å². The molecule has 1 atom stereocenters. The maximum atomic E-state index is 5.47. The summed E-state index contributed by atoms with van der Waals surface area (Å²) in [6.45, 7) is 7.92. The molecule has 0 aromatic heterocycles. The Hall–Kier alpha value is -0.460. The lowest BCUT2D eigenvalue weighted by Crippen LogP contribution is -2.33. The average Bonchev–Trinajstić information content (AvgIpc) is 2.31. The van der Waals surface area contributed by atoms with Crippen LogP contribution in [0.15, 0.2) is 11.8 Å². The van der Waals surface area contributed by atoms with E-state index in [-0.39, 0.29) is 0 Å². The SMILES string of the molecule is CC1(C)CCCC2(C)COC=C12. The molecule has 12 heavy (non-hydrogen) atoms. The molecule has 1 fully saturated rings. The second-order valence-corrected chi connectivity index (χ2v) is 5.14. The number of hydrogen-bond donors (Lipinski definition) is 0. The molecule has 1 aliphatic carbocycles. The molecule has 1 aliphatic heterocycles. The number of fused-ring (bicyclic) bond motifs is 1. The molecule has 1 heteroatoms. The molecule has 0 spiro atoms. The number of rotatable bonds is 0. The van der Waals surface area contributed by atoms with Crippen LogP contribution < -0.4 is 0 Å². The van der Waals surface area contributed by atoms with Gasteiger partial charge in [0.25, 0.3) is 0 Å². The molecule has 1 unspecified atom stereocenters. The Morgan fingerprint density at radius 2 is 2.00 bits per heavy atom. The summed E-state index contributed by atoms with van der Waals surface area (Å²) in [7, 11) is 0. The molecule has 0 aromatic rings. The van der Waals surface area contributed by atoms with Crippen molar-refractivity contribution in [1.82, 2.24) is 0 Å². The van der Waals surface area contributed by atoms with Crippen molar-refractivity contribution in [2.75, 3.05) is 6.61 Å². The Bertz CT molecular complexity index is 227. The van der Waals surface area contributed by atoms with Crippen molar-refractivity contribution in [3.05, 3.63) is 11.8 Å². The van der Waals surface area contributed by atoms with Gasteiger partial charge in [0.15, 0.2) is 0 Å². The molecule has 0 N–H and O–H groups in total. The van der Waals surface area contributed by atoms with Gasteiger partial charge >= 0.3 is 0 Å². The van der Waals surface area contributed by atoms with Crippen molar-refractivity contribution in [2.24, 2.45) is 10.8 Å². The van der Waals surface area contributed by atoms with Crippen LogP contribution in [-0.4, -0.2) is 6.61 Å². The molecule has 0 amide bonds. The summed E-state index contributed by atoms with van der Waals surface area (Å²) in [4.78, 5) is 0. The normalized spacial score (nSPS) is 38.4. The first-order valence-electron chi connectivity index (χ1n) is 4.87. The quantitative estimate of drug-likeness (QED) is 0.537. The summed E-state index contributed by atoms with van der Waals surface area (Å²) >= 11 is 0. The Morgan fingerprint density at radius 1 is 1.25 bits per heavy atom. The van der Waals surface area contributed by atoms with Crippen LogP contribution in [0.25, 0.3) is 0 Å². The molecule has 2 aliphatic rings. The van der Waals surface area contributed by atoms with Gasteiger partial charge in [-0.05, 0) is 23.8 Å². The van der Waals surface area contributed by atoms with Gasteiger partial charge in [-0.25, -0.2) is 0 Å². The fourth-order valence-electron chi connectivity index (χ4n) is 2.77. The van der Waals surface area contributed by atoms with Crippen molar-refractivity contribution in [1.29, 1.82) is 0 Å². The standard InChI is InChI=1S/C11H18O/c1-10(2)5-4-6-11(3)8-12-7-9(10)11/h7H,4-6,8H2,1-3H3. The fraction of sp³-hybridized carbons (Fsp3) is 0.818. The van der Waals surface area contributed by atoms with Crippen LogP contribution in [0.4, 0.5) is 0 Å². The lowest BCUT2D eigenvalue weighted by Gasteiger charge is -2.41. The van der Waals surface area contributed by atoms with E-state index in [0.29, 0.717) is 10.8 Å². The van der Waals surface area contributed by atoms with Crippen LogP contribution in [0.3, 0.4) is 0 Å². The van der Waals surface area contributed by atoms with Crippen molar-refractivity contribution in [3.8, 4) is 0 Å². The highest BCUT2D eigenvalue weighted by molar-refractivity contribution is 5.24. The highest BCUT2D eigenvalue weighted by Gasteiger charge is 2.44. The van der Waals surface area contributed by atoms with Crippen LogP contribution in [0.2, 0.25) is 0 Å². The summed E-state index contributed by atoms with van der Waals surface area (Å²) in [6.07, 6.45) is 5.99. The Labute approximate surface area is 74.8 Å². The van der Waals surface area contributed by atoms with E-state index < -0.39 is 0 Å². The molecule has 1 nitrogen and oxygen atoms in total. The van der Waals surface area contributed by atoms with Crippen LogP contribution in [0, 0.1) is 10.8 Å². The Kier molecular flexibility index (Phi) is 1.54. The lowest BCUT2D eigenvalue weighted by atomic mass is 9.62. The zero-order valence-electron chi connectivity index (χ0n) is 8.31. The maximum Gasteiger partial charge on any atom is 0.0965 e. The predicted molar refractivity (Wildman–Crippen MR) is 49.8 cm³/mol. The van der Waals surface area contributed by atoms with E-state index in [1.165, 1.54) is 19.3 Å². The molecule has 0 bridgehead atoms. The second-order valence-electron chi connectivity index (χ2n) is 5.14. The lowest BCUT2D eigenvalue weighted by molar-refractivity contribution is 0.147. The molecule has 0 aromatic carbocycles. The van der Waals surface area contributed by atoms with Gasteiger partial charge in [-0.3, -0.25) is 0 Å². The largest absolute Gasteiger partial charge is 0.500 e. The van der Waals surface area contributed by atoms with Crippen molar-refractivity contribution >= 4 is 0 Å². The van der Waals surface area contributed by atoms with Crippen molar-refractivity contribution in [3.63, 3.8) is 0 Å². The van der Waals surface area contributed by atoms with Gasteiger partial charge in [-0.1, -0.05) is 27.2 Å². The summed E-state index contributed by atoms with van der Waals surface area (Å²) in [5.41, 5.74) is 2.28. The first kappa shape index (κ1) is 8.15. The molecular weight excluding hydrogens is 148 g/mol. The van der Waals surface area contributed by atoms with Gasteiger partial charge in [0.1, 0.15) is 0 Å². The van der Waals surface area contributed by atoms with E-state index in [9.17, 15) is 0 Å². The highest BCUT2D eigenvalue weighted by Crippen LogP contribution is 2.53. The monoisotopic (exact) mass is 166 g/mol. The molecule has 2 rings (SSSR count). The van der Waals surface area contributed by atoms with Gasteiger partial charge in [0, 0.05) is 5.41 Å². The average molecular weight is 166 g/mol. The number of hydrogen-bond acceptors (Lipinski definition) is 1. The highest BCUT2D eigenvalue weighted by atomic mass is 16.5. The fourth-order valence-corrected chi connectivity index (χ4v) is 2.77. The van der Waals surface area contributed by atoms with Gasteiger partial charge in [0.2, 0.25) is 0 Å². The van der Waals surface area contributed by atoms with Crippen molar-refractivity contribution in [2.45, 2.75) is 40.0 Å². The summed E-state index contributed by atoms with van der Waals surface area (Å²) in [6, 6.07) is 0. The topological polar surface area (TPSA) is 9.23 Å². The molecule has 1 heterocycles. The molecule has 68 valence electrons. The van der Waals surface area contributed by atoms with E-state index in [1.54, 1.807) is 5.57 Å². The van der Waals surface area contributed by atoms with Crippen molar-refractivity contribution < 1.29 is 4.74 Å². The van der Waals surface area contributed by atoms with Crippen LogP contribution in [0.1, 0.15) is 40.0 Å². The van der Waals surface area contributed by atoms with E-state index >= 15 is 0 Å². The smallest absolute Gasteiger partial charge is 0.0965 e. The third-order valence-corrected chi connectivity index (χ3v) is 3.51. The zero-order chi connectivity index (χ0) is 8.82. The Balaban J connectivity index is 2.35. The summed E-state index contributed by atoms with van der Waals surface area (Å²) in [5.74, 6) is 0. The molecule has 0 radical (unpaired) electrons. The third-order valence-electron chi connectivity index (χ3n) is 3.51. The predicted octanol–water partition coefficient (Wildman–Crippen LogP) is 3.12. The van der Waals surface area contributed by atoms with E-state index in [4.69, 9.17) is 4.74 Å². The first-order chi connectivity index (χ1) is 5.55. The molecular formula is C11H18O. The minimum Gasteiger partial charge on any atom is -0.500 e. The molecule has 0 saturated heterocycles.